The Morgan fingerprint density at radius 1 is 1.18 bits per heavy atom. The number of carbonyl (C=O) groups is 1. The quantitative estimate of drug-likeness (QED) is 0.390. The van der Waals surface area contributed by atoms with Crippen LogP contribution in [0.15, 0.2) is 53.7 Å². The molecule has 0 spiro atoms. The Kier molecular flexibility index (Phi) is 9.84. The number of pyridine rings is 1. The molecule has 2 aromatic rings. The van der Waals surface area contributed by atoms with Gasteiger partial charge in [0.25, 0.3) is 5.91 Å². The molecule has 1 fully saturated rings. The molecule has 1 amide bonds. The smallest absolute Gasteiger partial charge is 0.262 e. The van der Waals surface area contributed by atoms with Crippen LogP contribution >= 0.6 is 12.4 Å². The zero-order valence-corrected chi connectivity index (χ0v) is 21.1. The zero-order chi connectivity index (χ0) is 24.1. The van der Waals surface area contributed by atoms with Crippen molar-refractivity contribution in [1.82, 2.24) is 14.8 Å². The monoisotopic (exact) mass is 513 g/mol. The molecule has 1 heterocycles. The van der Waals surface area contributed by atoms with Gasteiger partial charge in [-0.25, -0.2) is 13.9 Å². The molecule has 0 bridgehead atoms. The summed E-state index contributed by atoms with van der Waals surface area (Å²) in [5.74, 6) is -0.534. The van der Waals surface area contributed by atoms with E-state index in [1.54, 1.807) is 49.2 Å². The molecule has 0 saturated heterocycles. The number of amides is 1. The Morgan fingerprint density at radius 3 is 2.26 bits per heavy atom. The first-order valence-electron chi connectivity index (χ1n) is 10.8. The highest BCUT2D eigenvalue weighted by molar-refractivity contribution is 7.89. The van der Waals surface area contributed by atoms with Gasteiger partial charge in [0.05, 0.1) is 17.6 Å². The van der Waals surface area contributed by atoms with Crippen molar-refractivity contribution in [3.05, 3.63) is 54.4 Å². The van der Waals surface area contributed by atoms with E-state index in [4.69, 9.17) is 9.47 Å². The first kappa shape index (κ1) is 28.0. The van der Waals surface area contributed by atoms with Crippen molar-refractivity contribution in [2.45, 2.75) is 55.7 Å². The van der Waals surface area contributed by atoms with Gasteiger partial charge in [-0.15, -0.1) is 12.4 Å². The second kappa shape index (κ2) is 11.9. The van der Waals surface area contributed by atoms with E-state index in [0.29, 0.717) is 37.0 Å². The SMILES string of the molecule is COc1ccc(S(=O)(=O)N(Cc2ccncc2)C(C(=O)NO)[C@H]2CC[C@](C)(OC)CC2)cc1.Cl. The fourth-order valence-corrected chi connectivity index (χ4v) is 5.94. The molecule has 1 aliphatic rings. The molecule has 11 heteroatoms. The Morgan fingerprint density at radius 2 is 1.76 bits per heavy atom. The number of methoxy groups -OCH3 is 2. The van der Waals surface area contributed by atoms with E-state index >= 15 is 0 Å². The highest BCUT2D eigenvalue weighted by Crippen LogP contribution is 2.38. The summed E-state index contributed by atoms with van der Waals surface area (Å²) in [6.45, 7) is 1.96. The van der Waals surface area contributed by atoms with Gasteiger partial charge in [-0.2, -0.15) is 4.31 Å². The maximum absolute atomic E-state index is 13.8. The first-order chi connectivity index (χ1) is 15.7. The highest BCUT2D eigenvalue weighted by atomic mass is 35.5. The van der Waals surface area contributed by atoms with Crippen LogP contribution < -0.4 is 10.2 Å². The Labute approximate surface area is 206 Å². The van der Waals surface area contributed by atoms with Gasteiger partial charge in [0.1, 0.15) is 11.8 Å². The normalized spacial score (nSPS) is 21.4. The molecule has 2 N–H and O–H groups in total. The van der Waals surface area contributed by atoms with E-state index in [9.17, 15) is 18.4 Å². The molecular formula is C23H32ClN3O6S. The summed E-state index contributed by atoms with van der Waals surface area (Å²) >= 11 is 0. The number of rotatable bonds is 9. The number of carbonyl (C=O) groups excluding carboxylic acids is 1. The number of hydrogen-bond acceptors (Lipinski definition) is 7. The number of halogens is 1. The predicted molar refractivity (Wildman–Crippen MR) is 128 cm³/mol. The van der Waals surface area contributed by atoms with E-state index < -0.39 is 22.0 Å². The van der Waals surface area contributed by atoms with Crippen molar-refractivity contribution in [2.24, 2.45) is 5.92 Å². The third kappa shape index (κ3) is 6.25. The lowest BCUT2D eigenvalue weighted by molar-refractivity contribution is -0.136. The highest BCUT2D eigenvalue weighted by Gasteiger charge is 2.44. The topological polar surface area (TPSA) is 118 Å². The molecular weight excluding hydrogens is 482 g/mol. The molecule has 1 aromatic carbocycles. The third-order valence-corrected chi connectivity index (χ3v) is 8.31. The summed E-state index contributed by atoms with van der Waals surface area (Å²) in [6, 6.07) is 8.32. The molecule has 1 unspecified atom stereocenters. The molecule has 0 aliphatic heterocycles. The van der Waals surface area contributed by atoms with Crippen LogP contribution in [0.4, 0.5) is 0 Å². The van der Waals surface area contributed by atoms with Gasteiger partial charge in [0.2, 0.25) is 10.0 Å². The van der Waals surface area contributed by atoms with Crippen LogP contribution in [0.1, 0.15) is 38.2 Å². The third-order valence-electron chi connectivity index (χ3n) is 6.47. The minimum atomic E-state index is -4.11. The van der Waals surface area contributed by atoms with Crippen molar-refractivity contribution in [3.63, 3.8) is 0 Å². The van der Waals surface area contributed by atoms with E-state index in [0.717, 1.165) is 0 Å². The number of hydrogen-bond donors (Lipinski definition) is 2. The van der Waals surface area contributed by atoms with Gasteiger partial charge >= 0.3 is 0 Å². The maximum Gasteiger partial charge on any atom is 0.262 e. The number of aromatic nitrogens is 1. The summed E-state index contributed by atoms with van der Waals surface area (Å²) < 4.78 is 39.5. The van der Waals surface area contributed by atoms with Gasteiger partial charge in [-0.1, -0.05) is 0 Å². The second-order valence-electron chi connectivity index (χ2n) is 8.49. The maximum atomic E-state index is 13.8. The average Bonchev–Trinajstić information content (AvgIpc) is 2.85. The molecule has 188 valence electrons. The summed E-state index contributed by atoms with van der Waals surface area (Å²) in [5, 5.41) is 9.53. The van der Waals surface area contributed by atoms with Gasteiger partial charge in [0.15, 0.2) is 0 Å². The molecule has 1 saturated carbocycles. The van der Waals surface area contributed by atoms with Crippen molar-refractivity contribution in [3.8, 4) is 5.75 Å². The van der Waals surface area contributed by atoms with E-state index in [1.807, 2.05) is 6.92 Å². The van der Waals surface area contributed by atoms with Crippen LogP contribution in [0.5, 0.6) is 5.75 Å². The first-order valence-corrected chi connectivity index (χ1v) is 12.2. The number of sulfonamides is 1. The van der Waals surface area contributed by atoms with Gasteiger partial charge in [-0.3, -0.25) is 15.0 Å². The Hall–Kier alpha value is -2.24. The Balaban J connectivity index is 0.00000408. The zero-order valence-electron chi connectivity index (χ0n) is 19.5. The minimum Gasteiger partial charge on any atom is -0.497 e. The predicted octanol–water partition coefficient (Wildman–Crippen LogP) is 3.17. The lowest BCUT2D eigenvalue weighted by Crippen LogP contribution is -2.53. The fraction of sp³-hybridized carbons (Fsp3) is 0.478. The lowest BCUT2D eigenvalue weighted by atomic mass is 9.76. The minimum absolute atomic E-state index is 0. The van der Waals surface area contributed by atoms with E-state index in [2.05, 4.69) is 4.98 Å². The number of nitrogens with zero attached hydrogens (tertiary/aromatic N) is 2. The molecule has 9 nitrogen and oxygen atoms in total. The number of hydroxylamine groups is 1. The second-order valence-corrected chi connectivity index (χ2v) is 10.4. The van der Waals surface area contributed by atoms with Gasteiger partial charge < -0.3 is 9.47 Å². The lowest BCUT2D eigenvalue weighted by Gasteiger charge is -2.41. The van der Waals surface area contributed by atoms with Crippen molar-refractivity contribution in [2.75, 3.05) is 14.2 Å². The van der Waals surface area contributed by atoms with E-state index in [-0.39, 0.29) is 35.4 Å². The van der Waals surface area contributed by atoms with E-state index in [1.165, 1.54) is 23.5 Å². The molecule has 1 aliphatic carbocycles. The van der Waals surface area contributed by atoms with Crippen molar-refractivity contribution < 1.29 is 27.9 Å². The number of benzene rings is 1. The standard InChI is InChI=1S/C23H31N3O6S.ClH/c1-23(32-3)12-8-18(9-13-23)21(22(27)25-28)26(16-17-10-14-24-15-11-17)33(29,30)20-6-4-19(31-2)5-7-20;/h4-7,10-11,14-15,18,21,28H,8-9,12-13,16H2,1-3H3,(H,25,27);1H/t18-,21?,23-;. The average molecular weight is 514 g/mol. The molecule has 3 rings (SSSR count). The van der Waals surface area contributed by atoms with Crippen LogP contribution in [0.2, 0.25) is 0 Å². The van der Waals surface area contributed by atoms with Crippen LogP contribution in [-0.4, -0.2) is 54.7 Å². The van der Waals surface area contributed by atoms with Crippen molar-refractivity contribution in [1.29, 1.82) is 0 Å². The summed E-state index contributed by atoms with van der Waals surface area (Å²) in [7, 11) is -0.955. The number of ether oxygens (including phenoxy) is 2. The Bertz CT molecular complexity index is 1030. The summed E-state index contributed by atoms with van der Waals surface area (Å²) in [5.41, 5.74) is 2.05. The van der Waals surface area contributed by atoms with Crippen LogP contribution in [0.25, 0.3) is 0 Å². The fourth-order valence-electron chi connectivity index (χ4n) is 4.30. The van der Waals surface area contributed by atoms with Crippen LogP contribution in [-0.2, 0) is 26.1 Å². The number of nitrogens with one attached hydrogen (secondary N) is 1. The summed E-state index contributed by atoms with van der Waals surface area (Å²) in [6.07, 6.45) is 5.64. The molecule has 1 aromatic heterocycles. The summed E-state index contributed by atoms with van der Waals surface area (Å²) in [4.78, 5) is 16.9. The molecule has 1 atom stereocenters. The molecule has 0 radical (unpaired) electrons. The van der Waals surface area contributed by atoms with Crippen LogP contribution in [0, 0.1) is 5.92 Å². The van der Waals surface area contributed by atoms with Gasteiger partial charge in [0, 0.05) is 26.0 Å². The largest absolute Gasteiger partial charge is 0.497 e. The van der Waals surface area contributed by atoms with Crippen molar-refractivity contribution >= 4 is 28.3 Å². The molecule has 34 heavy (non-hydrogen) atoms. The van der Waals surface area contributed by atoms with Gasteiger partial charge in [-0.05, 0) is 80.5 Å². The van der Waals surface area contributed by atoms with Crippen LogP contribution in [0.3, 0.4) is 0 Å².